The van der Waals surface area contributed by atoms with E-state index in [4.69, 9.17) is 17.4 Å². The third-order valence-electron chi connectivity index (χ3n) is 4.08. The second-order valence-corrected chi connectivity index (χ2v) is 7.44. The number of nitrogens with two attached hydrogens (primary N) is 1. The Morgan fingerprint density at radius 1 is 1.46 bits per heavy atom. The van der Waals surface area contributed by atoms with Crippen LogP contribution in [0.25, 0.3) is 11.4 Å². The molecule has 3 rings (SSSR count). The Labute approximate surface area is 150 Å². The summed E-state index contributed by atoms with van der Waals surface area (Å²) in [7, 11) is 0. The van der Waals surface area contributed by atoms with Crippen molar-refractivity contribution < 1.29 is 4.79 Å². The number of nitrogen functional groups attached to an aromatic ring is 1. The van der Waals surface area contributed by atoms with Gasteiger partial charge in [-0.2, -0.15) is 0 Å². The van der Waals surface area contributed by atoms with Gasteiger partial charge in [-0.25, -0.2) is 4.68 Å². The lowest BCUT2D eigenvalue weighted by atomic mass is 10.0. The summed E-state index contributed by atoms with van der Waals surface area (Å²) in [5, 5.41) is 9.33. The summed E-state index contributed by atoms with van der Waals surface area (Å²) in [6.45, 7) is 3.86. The smallest absolute Gasteiger partial charge is 0.233 e. The Morgan fingerprint density at radius 3 is 3.04 bits per heavy atom. The van der Waals surface area contributed by atoms with Crippen molar-refractivity contribution in [1.82, 2.24) is 19.8 Å². The zero-order chi connectivity index (χ0) is 17.1. The summed E-state index contributed by atoms with van der Waals surface area (Å²) in [4.78, 5) is 14.3. The molecule has 0 radical (unpaired) electrons. The van der Waals surface area contributed by atoms with Crippen LogP contribution in [-0.4, -0.2) is 44.5 Å². The van der Waals surface area contributed by atoms with Crippen molar-refractivity contribution in [3.8, 4) is 11.4 Å². The van der Waals surface area contributed by atoms with Crippen LogP contribution in [0.3, 0.4) is 0 Å². The van der Waals surface area contributed by atoms with Crippen LogP contribution in [0.4, 0.5) is 0 Å². The van der Waals surface area contributed by atoms with Crippen molar-refractivity contribution in [2.75, 3.05) is 24.7 Å². The number of amides is 1. The fraction of sp³-hybridized carbons (Fsp3) is 0.438. The largest absolute Gasteiger partial charge is 0.342 e. The van der Waals surface area contributed by atoms with E-state index in [2.05, 4.69) is 17.1 Å². The fourth-order valence-corrected chi connectivity index (χ4v) is 3.78. The number of halogens is 1. The molecule has 1 amide bonds. The number of hydrogen-bond acceptors (Lipinski definition) is 5. The third-order valence-corrected chi connectivity index (χ3v) is 5.24. The molecule has 6 nitrogen and oxygen atoms in total. The maximum Gasteiger partial charge on any atom is 0.233 e. The Balaban J connectivity index is 1.65. The van der Waals surface area contributed by atoms with Crippen molar-refractivity contribution >= 4 is 29.3 Å². The minimum atomic E-state index is 0.124. The quantitative estimate of drug-likeness (QED) is 0.665. The van der Waals surface area contributed by atoms with Gasteiger partial charge in [-0.05, 0) is 30.9 Å². The first-order chi connectivity index (χ1) is 11.5. The molecule has 24 heavy (non-hydrogen) atoms. The summed E-state index contributed by atoms with van der Waals surface area (Å²) in [5.74, 6) is 7.61. The standard InChI is InChI=1S/C16H20ClN5OS/c1-11-4-3-7-21(9-11)14(23)10-24-16-20-19-15(22(16)18)12-5-2-6-13(17)8-12/h2,5-6,8,11H,3-4,7,9-10,18H2,1H3. The van der Waals surface area contributed by atoms with Crippen LogP contribution in [0, 0.1) is 5.92 Å². The van der Waals surface area contributed by atoms with Crippen LogP contribution in [0.5, 0.6) is 0 Å². The number of carbonyl (C=O) groups is 1. The van der Waals surface area contributed by atoms with Gasteiger partial charge in [-0.1, -0.05) is 42.4 Å². The van der Waals surface area contributed by atoms with Gasteiger partial charge in [0.2, 0.25) is 11.1 Å². The van der Waals surface area contributed by atoms with Gasteiger partial charge in [0.05, 0.1) is 5.75 Å². The molecule has 1 aliphatic rings. The van der Waals surface area contributed by atoms with Gasteiger partial charge in [0.1, 0.15) is 0 Å². The number of likely N-dealkylation sites (tertiary alicyclic amines) is 1. The predicted octanol–water partition coefficient (Wildman–Crippen LogP) is 2.66. The summed E-state index contributed by atoms with van der Waals surface area (Å²) in [6.07, 6.45) is 2.26. The normalized spacial score (nSPS) is 17.9. The zero-order valence-electron chi connectivity index (χ0n) is 13.5. The molecule has 1 unspecified atom stereocenters. The first kappa shape index (κ1) is 17.1. The summed E-state index contributed by atoms with van der Waals surface area (Å²) in [6, 6.07) is 7.27. The number of hydrogen-bond donors (Lipinski definition) is 1. The van der Waals surface area contributed by atoms with E-state index in [0.717, 1.165) is 25.1 Å². The van der Waals surface area contributed by atoms with E-state index in [0.29, 0.717) is 27.7 Å². The van der Waals surface area contributed by atoms with E-state index in [-0.39, 0.29) is 5.91 Å². The number of benzene rings is 1. The highest BCUT2D eigenvalue weighted by Gasteiger charge is 2.22. The fourth-order valence-electron chi connectivity index (χ4n) is 2.83. The third kappa shape index (κ3) is 3.84. The number of thioether (sulfide) groups is 1. The number of rotatable bonds is 4. The molecule has 1 aromatic carbocycles. The van der Waals surface area contributed by atoms with Crippen LogP contribution >= 0.6 is 23.4 Å². The van der Waals surface area contributed by atoms with Crippen LogP contribution in [0.15, 0.2) is 29.4 Å². The molecule has 0 aliphatic carbocycles. The maximum atomic E-state index is 12.3. The lowest BCUT2D eigenvalue weighted by molar-refractivity contribution is -0.130. The van der Waals surface area contributed by atoms with Gasteiger partial charge >= 0.3 is 0 Å². The lowest BCUT2D eigenvalue weighted by Gasteiger charge is -2.30. The molecule has 128 valence electrons. The Morgan fingerprint density at radius 2 is 2.29 bits per heavy atom. The zero-order valence-corrected chi connectivity index (χ0v) is 15.1. The molecule has 0 saturated carbocycles. The van der Waals surface area contributed by atoms with Crippen molar-refractivity contribution in [2.45, 2.75) is 24.9 Å². The molecule has 2 heterocycles. The van der Waals surface area contributed by atoms with Crippen molar-refractivity contribution in [3.63, 3.8) is 0 Å². The van der Waals surface area contributed by atoms with E-state index in [1.807, 2.05) is 17.0 Å². The second-order valence-electron chi connectivity index (χ2n) is 6.06. The van der Waals surface area contributed by atoms with Crippen LogP contribution in [0.1, 0.15) is 19.8 Å². The van der Waals surface area contributed by atoms with Gasteiger partial charge in [-0.3, -0.25) is 4.79 Å². The predicted molar refractivity (Wildman–Crippen MR) is 96.3 cm³/mol. The molecule has 1 aliphatic heterocycles. The highest BCUT2D eigenvalue weighted by Crippen LogP contribution is 2.24. The summed E-state index contributed by atoms with van der Waals surface area (Å²) < 4.78 is 1.41. The van der Waals surface area contributed by atoms with E-state index >= 15 is 0 Å². The SMILES string of the molecule is CC1CCCN(C(=O)CSc2nnc(-c3cccc(Cl)c3)n2N)C1. The monoisotopic (exact) mass is 365 g/mol. The summed E-state index contributed by atoms with van der Waals surface area (Å²) in [5.41, 5.74) is 0.792. The average molecular weight is 366 g/mol. The van der Waals surface area contributed by atoms with Gasteiger partial charge in [0, 0.05) is 23.7 Å². The Bertz CT molecular complexity index is 735. The molecule has 2 N–H and O–H groups in total. The molecule has 2 aromatic rings. The van der Waals surface area contributed by atoms with Crippen molar-refractivity contribution in [2.24, 2.45) is 5.92 Å². The number of carbonyl (C=O) groups excluding carboxylic acids is 1. The molecule has 1 atom stereocenters. The molecule has 1 aromatic heterocycles. The Kier molecular flexibility index (Phi) is 5.30. The van der Waals surface area contributed by atoms with Gasteiger partial charge in [0.15, 0.2) is 5.82 Å². The Hall–Kier alpha value is -1.73. The van der Waals surface area contributed by atoms with Crippen LogP contribution in [0.2, 0.25) is 5.02 Å². The lowest BCUT2D eigenvalue weighted by Crippen LogP contribution is -2.40. The second kappa shape index (κ2) is 7.44. The van der Waals surface area contributed by atoms with E-state index in [1.54, 1.807) is 12.1 Å². The average Bonchev–Trinajstić information content (AvgIpc) is 2.93. The first-order valence-electron chi connectivity index (χ1n) is 7.91. The molecule has 1 fully saturated rings. The molecular weight excluding hydrogens is 346 g/mol. The van der Waals surface area contributed by atoms with Gasteiger partial charge < -0.3 is 10.7 Å². The molecule has 1 saturated heterocycles. The highest BCUT2D eigenvalue weighted by molar-refractivity contribution is 7.99. The van der Waals surface area contributed by atoms with Gasteiger partial charge in [-0.15, -0.1) is 10.2 Å². The van der Waals surface area contributed by atoms with Crippen molar-refractivity contribution in [1.29, 1.82) is 0 Å². The van der Waals surface area contributed by atoms with E-state index in [9.17, 15) is 4.79 Å². The van der Waals surface area contributed by atoms with Crippen LogP contribution in [-0.2, 0) is 4.79 Å². The minimum absolute atomic E-state index is 0.124. The first-order valence-corrected chi connectivity index (χ1v) is 9.28. The van der Waals surface area contributed by atoms with Crippen molar-refractivity contribution in [3.05, 3.63) is 29.3 Å². The van der Waals surface area contributed by atoms with E-state index in [1.165, 1.54) is 22.9 Å². The summed E-state index contributed by atoms with van der Waals surface area (Å²) >= 11 is 7.31. The molecule has 0 spiro atoms. The number of piperidine rings is 1. The topological polar surface area (TPSA) is 77.0 Å². The maximum absolute atomic E-state index is 12.3. The molecular formula is C16H20ClN5OS. The van der Waals surface area contributed by atoms with Crippen LogP contribution < -0.4 is 5.84 Å². The number of aromatic nitrogens is 3. The highest BCUT2D eigenvalue weighted by atomic mass is 35.5. The molecule has 0 bridgehead atoms. The number of nitrogens with zero attached hydrogens (tertiary/aromatic N) is 4. The van der Waals surface area contributed by atoms with Gasteiger partial charge in [0.25, 0.3) is 0 Å². The van der Waals surface area contributed by atoms with E-state index < -0.39 is 0 Å². The molecule has 8 heteroatoms. The minimum Gasteiger partial charge on any atom is -0.342 e.